The van der Waals surface area contributed by atoms with Crippen molar-refractivity contribution in [2.75, 3.05) is 24.5 Å². The van der Waals surface area contributed by atoms with Crippen LogP contribution in [0.2, 0.25) is 10.0 Å². The van der Waals surface area contributed by atoms with Gasteiger partial charge < -0.3 is 15.0 Å². The number of unbranched alkanes of at least 4 members (excludes halogenated alkanes) is 1. The number of amides is 2. The maximum absolute atomic E-state index is 14.2. The van der Waals surface area contributed by atoms with Gasteiger partial charge in [0, 0.05) is 13.1 Å². The van der Waals surface area contributed by atoms with Gasteiger partial charge in [0.15, 0.2) is 0 Å². The molecule has 0 heterocycles. The molecular weight excluding hydrogens is 597 g/mol. The van der Waals surface area contributed by atoms with Gasteiger partial charge >= 0.3 is 0 Å². The SMILES string of the molecule is CCCCNC(=O)[C@@H](CC)N(Cc1cccc(OC)c1)C(=O)CN(c1ccc(Cl)c(Cl)c1)S(=O)(=O)c1ccc(C)cc1. The minimum Gasteiger partial charge on any atom is -0.497 e. The van der Waals surface area contributed by atoms with E-state index in [4.69, 9.17) is 27.9 Å². The first-order valence-corrected chi connectivity index (χ1v) is 16.0. The number of sulfonamides is 1. The molecule has 1 atom stereocenters. The van der Waals surface area contributed by atoms with Crippen LogP contribution in [0.5, 0.6) is 5.75 Å². The molecule has 8 nitrogen and oxygen atoms in total. The molecule has 0 fully saturated rings. The lowest BCUT2D eigenvalue weighted by Gasteiger charge is -2.33. The molecular formula is C31H37Cl2N3O5S. The van der Waals surface area contributed by atoms with E-state index in [2.05, 4.69) is 5.32 Å². The molecule has 11 heteroatoms. The van der Waals surface area contributed by atoms with E-state index < -0.39 is 28.5 Å². The Morgan fingerprint density at radius 1 is 0.976 bits per heavy atom. The summed E-state index contributed by atoms with van der Waals surface area (Å²) in [5.74, 6) is -0.263. The molecule has 0 saturated carbocycles. The van der Waals surface area contributed by atoms with Gasteiger partial charge in [-0.1, -0.05) is 73.3 Å². The number of hydrogen-bond donors (Lipinski definition) is 1. The Morgan fingerprint density at radius 3 is 2.31 bits per heavy atom. The van der Waals surface area contributed by atoms with Crippen molar-refractivity contribution in [1.82, 2.24) is 10.2 Å². The fourth-order valence-electron chi connectivity index (χ4n) is 4.40. The minimum atomic E-state index is -4.22. The molecule has 0 unspecified atom stereocenters. The number of methoxy groups -OCH3 is 1. The maximum Gasteiger partial charge on any atom is 0.264 e. The number of ether oxygens (including phenoxy) is 1. The van der Waals surface area contributed by atoms with Gasteiger partial charge in [-0.05, 0) is 67.8 Å². The zero-order valence-corrected chi connectivity index (χ0v) is 26.6. The van der Waals surface area contributed by atoms with E-state index in [0.29, 0.717) is 18.7 Å². The lowest BCUT2D eigenvalue weighted by molar-refractivity contribution is -0.140. The molecule has 0 saturated heterocycles. The first-order valence-electron chi connectivity index (χ1n) is 13.8. The van der Waals surface area contributed by atoms with Crippen molar-refractivity contribution in [2.45, 2.75) is 57.5 Å². The smallest absolute Gasteiger partial charge is 0.264 e. The number of carbonyl (C=O) groups is 2. The summed E-state index contributed by atoms with van der Waals surface area (Å²) >= 11 is 12.4. The predicted molar refractivity (Wildman–Crippen MR) is 168 cm³/mol. The fourth-order valence-corrected chi connectivity index (χ4v) is 6.10. The second-order valence-corrected chi connectivity index (χ2v) is 12.5. The summed E-state index contributed by atoms with van der Waals surface area (Å²) in [5.41, 5.74) is 1.78. The Balaban J connectivity index is 2.07. The summed E-state index contributed by atoms with van der Waals surface area (Å²) in [5, 5.41) is 3.30. The van der Waals surface area contributed by atoms with Gasteiger partial charge in [0.1, 0.15) is 18.3 Å². The number of halogens is 2. The Labute approximate surface area is 258 Å². The maximum atomic E-state index is 14.2. The number of nitrogens with zero attached hydrogens (tertiary/aromatic N) is 2. The minimum absolute atomic E-state index is 0.00988. The average Bonchev–Trinajstić information content (AvgIpc) is 2.97. The van der Waals surface area contributed by atoms with E-state index in [1.54, 1.807) is 37.4 Å². The van der Waals surface area contributed by atoms with Crippen LogP contribution in [0.1, 0.15) is 44.2 Å². The van der Waals surface area contributed by atoms with Gasteiger partial charge in [0.05, 0.1) is 27.7 Å². The van der Waals surface area contributed by atoms with E-state index in [9.17, 15) is 18.0 Å². The summed E-state index contributed by atoms with van der Waals surface area (Å²) in [6, 6.07) is 17.1. The molecule has 2 amide bonds. The molecule has 42 heavy (non-hydrogen) atoms. The van der Waals surface area contributed by atoms with Crippen LogP contribution in [0.3, 0.4) is 0 Å². The van der Waals surface area contributed by atoms with E-state index in [0.717, 1.165) is 28.3 Å². The van der Waals surface area contributed by atoms with Crippen LogP contribution in [0, 0.1) is 6.92 Å². The number of anilines is 1. The van der Waals surface area contributed by atoms with E-state index in [1.807, 2.05) is 26.8 Å². The van der Waals surface area contributed by atoms with Crippen LogP contribution in [0.25, 0.3) is 0 Å². The molecule has 3 aromatic rings. The highest BCUT2D eigenvalue weighted by Crippen LogP contribution is 2.31. The molecule has 0 bridgehead atoms. The van der Waals surface area contributed by atoms with Crippen molar-refractivity contribution in [3.05, 3.63) is 87.9 Å². The molecule has 0 aromatic heterocycles. The summed E-state index contributed by atoms with van der Waals surface area (Å²) in [6.07, 6.45) is 2.02. The number of rotatable bonds is 14. The second-order valence-electron chi connectivity index (χ2n) is 9.86. The van der Waals surface area contributed by atoms with Gasteiger partial charge in [0.2, 0.25) is 11.8 Å². The standard InChI is InChI=1S/C31H37Cl2N3O5S/c1-5-7-17-34-31(38)29(6-2)35(20-23-9-8-10-25(18-23)41-4)30(37)21-36(24-13-16-27(32)28(33)19-24)42(39,40)26-14-11-22(3)12-15-26/h8-16,18-19,29H,5-7,17,20-21H2,1-4H3,(H,34,38)/t29-/m1/s1. The van der Waals surface area contributed by atoms with E-state index >= 15 is 0 Å². The average molecular weight is 635 g/mol. The van der Waals surface area contributed by atoms with Gasteiger partial charge in [0.25, 0.3) is 10.0 Å². The first-order chi connectivity index (χ1) is 20.0. The Kier molecular flexibility index (Phi) is 12.1. The largest absolute Gasteiger partial charge is 0.497 e. The van der Waals surface area contributed by atoms with Crippen LogP contribution >= 0.6 is 23.2 Å². The highest BCUT2D eigenvalue weighted by molar-refractivity contribution is 7.92. The number of nitrogens with one attached hydrogen (secondary N) is 1. The predicted octanol–water partition coefficient (Wildman–Crippen LogP) is 6.23. The molecule has 0 radical (unpaired) electrons. The van der Waals surface area contributed by atoms with E-state index in [-0.39, 0.29) is 33.1 Å². The zero-order chi connectivity index (χ0) is 30.9. The number of benzene rings is 3. The fraction of sp³-hybridized carbons (Fsp3) is 0.355. The molecule has 0 aliphatic heterocycles. The summed E-state index contributed by atoms with van der Waals surface area (Å²) in [7, 11) is -2.67. The van der Waals surface area contributed by atoms with Gasteiger partial charge in [-0.2, -0.15) is 0 Å². The van der Waals surface area contributed by atoms with Gasteiger partial charge in [-0.15, -0.1) is 0 Å². The quantitative estimate of drug-likeness (QED) is 0.212. The molecule has 3 aromatic carbocycles. The number of hydrogen-bond acceptors (Lipinski definition) is 5. The Bertz CT molecular complexity index is 1480. The zero-order valence-electron chi connectivity index (χ0n) is 24.3. The summed E-state index contributed by atoms with van der Waals surface area (Å²) in [6.45, 7) is 5.66. The summed E-state index contributed by atoms with van der Waals surface area (Å²) < 4.78 is 34.3. The summed E-state index contributed by atoms with van der Waals surface area (Å²) in [4.78, 5) is 28.9. The highest BCUT2D eigenvalue weighted by Gasteiger charge is 2.34. The monoisotopic (exact) mass is 633 g/mol. The molecule has 0 aliphatic carbocycles. The van der Waals surface area contributed by atoms with Crippen LogP contribution in [0.4, 0.5) is 5.69 Å². The van der Waals surface area contributed by atoms with Crippen molar-refractivity contribution in [3.63, 3.8) is 0 Å². The first kappa shape index (κ1) is 33.2. The van der Waals surface area contributed by atoms with Crippen molar-refractivity contribution >= 4 is 50.7 Å². The van der Waals surface area contributed by atoms with Crippen LogP contribution in [0.15, 0.2) is 71.6 Å². The molecule has 1 N–H and O–H groups in total. The van der Waals surface area contributed by atoms with Crippen LogP contribution < -0.4 is 14.4 Å². The van der Waals surface area contributed by atoms with Crippen LogP contribution in [-0.2, 0) is 26.2 Å². The van der Waals surface area contributed by atoms with Gasteiger partial charge in [-0.25, -0.2) is 8.42 Å². The highest BCUT2D eigenvalue weighted by atomic mass is 35.5. The van der Waals surface area contributed by atoms with E-state index in [1.165, 1.54) is 35.2 Å². The van der Waals surface area contributed by atoms with Gasteiger partial charge in [-0.3, -0.25) is 13.9 Å². The lowest BCUT2D eigenvalue weighted by Crippen LogP contribution is -2.52. The second kappa shape index (κ2) is 15.3. The molecule has 226 valence electrons. The molecule has 0 aliphatic rings. The van der Waals surface area contributed by atoms with Crippen molar-refractivity contribution in [2.24, 2.45) is 0 Å². The number of carbonyl (C=O) groups excluding carboxylic acids is 2. The third-order valence-corrected chi connectivity index (χ3v) is 9.31. The third kappa shape index (κ3) is 8.40. The Morgan fingerprint density at radius 2 is 1.69 bits per heavy atom. The third-order valence-electron chi connectivity index (χ3n) is 6.78. The Hall–Kier alpha value is -3.27. The topological polar surface area (TPSA) is 96.0 Å². The number of aryl methyl sites for hydroxylation is 1. The molecule has 3 rings (SSSR count). The lowest BCUT2D eigenvalue weighted by atomic mass is 10.1. The normalized spacial score (nSPS) is 12.0. The van der Waals surface area contributed by atoms with Crippen LogP contribution in [-0.4, -0.2) is 51.4 Å². The van der Waals surface area contributed by atoms with Crippen molar-refractivity contribution < 1.29 is 22.7 Å². The van der Waals surface area contributed by atoms with Crippen molar-refractivity contribution in [3.8, 4) is 5.75 Å². The van der Waals surface area contributed by atoms with Crippen molar-refractivity contribution in [1.29, 1.82) is 0 Å². The molecule has 0 spiro atoms.